The van der Waals surface area contributed by atoms with Crippen LogP contribution in [0.15, 0.2) is 31.0 Å². The Morgan fingerprint density at radius 3 is 2.83 bits per heavy atom. The first kappa shape index (κ1) is 8.46. The van der Waals surface area contributed by atoms with Gasteiger partial charge in [-0.1, -0.05) is 12.6 Å². The minimum atomic E-state index is -0.384. The Balaban J connectivity index is 2.73. The number of primary amides is 1. The number of hydrogen-bond donors (Lipinski definition) is 1. The molecule has 3 heteroatoms. The predicted molar refractivity (Wildman–Crippen MR) is 47.1 cm³/mol. The van der Waals surface area contributed by atoms with Crippen LogP contribution in [0.1, 0.15) is 12.1 Å². The van der Waals surface area contributed by atoms with E-state index in [-0.39, 0.29) is 12.3 Å². The molecule has 0 aromatic carbocycles. The molecule has 12 heavy (non-hydrogen) atoms. The average Bonchev–Trinajstić information content (AvgIpc) is 2.05. The van der Waals surface area contributed by atoms with E-state index in [1.165, 1.54) is 0 Å². The molecule has 0 saturated carbocycles. The Kier molecular flexibility index (Phi) is 2.58. The summed E-state index contributed by atoms with van der Waals surface area (Å²) in [6.45, 7) is 3.70. The van der Waals surface area contributed by atoms with Gasteiger partial charge in [-0.05, 0) is 17.7 Å². The number of amides is 1. The highest BCUT2D eigenvalue weighted by Gasteiger charge is 2.02. The van der Waals surface area contributed by atoms with E-state index in [0.29, 0.717) is 5.57 Å². The minimum absolute atomic E-state index is 0.164. The monoisotopic (exact) mass is 162 g/mol. The molecule has 0 aliphatic heterocycles. The van der Waals surface area contributed by atoms with Gasteiger partial charge in [-0.25, -0.2) is 0 Å². The maximum absolute atomic E-state index is 10.5. The van der Waals surface area contributed by atoms with Crippen molar-refractivity contribution in [2.75, 3.05) is 0 Å². The van der Waals surface area contributed by atoms with Crippen LogP contribution in [0.2, 0.25) is 0 Å². The Morgan fingerprint density at radius 2 is 2.33 bits per heavy atom. The third kappa shape index (κ3) is 2.20. The number of carbonyl (C=O) groups is 1. The van der Waals surface area contributed by atoms with Crippen LogP contribution in [-0.2, 0) is 4.79 Å². The van der Waals surface area contributed by atoms with Crippen molar-refractivity contribution >= 4 is 11.5 Å². The second-order valence-electron chi connectivity index (χ2n) is 2.46. The van der Waals surface area contributed by atoms with E-state index in [2.05, 4.69) is 11.6 Å². The van der Waals surface area contributed by atoms with Crippen molar-refractivity contribution in [3.63, 3.8) is 0 Å². The first-order valence-corrected chi connectivity index (χ1v) is 3.57. The summed E-state index contributed by atoms with van der Waals surface area (Å²) < 4.78 is 0. The number of rotatable bonds is 3. The fourth-order valence-electron chi connectivity index (χ4n) is 0.873. The zero-order valence-corrected chi connectivity index (χ0v) is 6.66. The van der Waals surface area contributed by atoms with Gasteiger partial charge < -0.3 is 5.73 Å². The Morgan fingerprint density at radius 1 is 1.58 bits per heavy atom. The third-order valence-electron chi connectivity index (χ3n) is 1.41. The first-order valence-electron chi connectivity index (χ1n) is 3.57. The van der Waals surface area contributed by atoms with Gasteiger partial charge in [0, 0.05) is 6.20 Å². The largest absolute Gasteiger partial charge is 0.369 e. The topological polar surface area (TPSA) is 56.0 Å². The summed E-state index contributed by atoms with van der Waals surface area (Å²) in [6.07, 6.45) is 1.82. The van der Waals surface area contributed by atoms with Gasteiger partial charge in [0.15, 0.2) is 0 Å². The standard InChI is InChI=1S/C9H10N2O/c1-7(6-9(10)12)8-4-2-3-5-11-8/h2-5H,1,6H2,(H2,10,12). The molecule has 0 spiro atoms. The fourth-order valence-corrected chi connectivity index (χ4v) is 0.873. The van der Waals surface area contributed by atoms with E-state index in [4.69, 9.17) is 5.73 Å². The molecule has 1 aromatic heterocycles. The maximum atomic E-state index is 10.5. The molecule has 2 N–H and O–H groups in total. The second-order valence-corrected chi connectivity index (χ2v) is 2.46. The highest BCUT2D eigenvalue weighted by Crippen LogP contribution is 2.11. The van der Waals surface area contributed by atoms with Gasteiger partial charge in [-0.2, -0.15) is 0 Å². The molecule has 0 bridgehead atoms. The summed E-state index contributed by atoms with van der Waals surface area (Å²) >= 11 is 0. The minimum Gasteiger partial charge on any atom is -0.369 e. The lowest BCUT2D eigenvalue weighted by molar-refractivity contribution is -0.117. The van der Waals surface area contributed by atoms with Crippen LogP contribution >= 0.6 is 0 Å². The number of carbonyl (C=O) groups excluding carboxylic acids is 1. The smallest absolute Gasteiger partial charge is 0.221 e. The third-order valence-corrected chi connectivity index (χ3v) is 1.41. The van der Waals surface area contributed by atoms with Gasteiger partial charge >= 0.3 is 0 Å². The van der Waals surface area contributed by atoms with E-state index >= 15 is 0 Å². The molecule has 1 amide bonds. The molecule has 1 aromatic rings. The van der Waals surface area contributed by atoms with E-state index < -0.39 is 0 Å². The summed E-state index contributed by atoms with van der Waals surface area (Å²) in [5, 5.41) is 0. The van der Waals surface area contributed by atoms with Crippen LogP contribution in [0.25, 0.3) is 5.57 Å². The van der Waals surface area contributed by atoms with E-state index in [9.17, 15) is 4.79 Å². The zero-order chi connectivity index (χ0) is 8.97. The molecule has 1 heterocycles. The summed E-state index contributed by atoms with van der Waals surface area (Å²) in [6, 6.07) is 5.45. The highest BCUT2D eigenvalue weighted by molar-refractivity contribution is 5.86. The summed E-state index contributed by atoms with van der Waals surface area (Å²) in [7, 11) is 0. The van der Waals surface area contributed by atoms with Crippen molar-refractivity contribution in [2.45, 2.75) is 6.42 Å². The number of nitrogens with two attached hydrogens (primary N) is 1. The molecule has 0 unspecified atom stereocenters. The first-order chi connectivity index (χ1) is 5.70. The number of aromatic nitrogens is 1. The molecule has 0 fully saturated rings. The van der Waals surface area contributed by atoms with Gasteiger partial charge in [0.1, 0.15) is 0 Å². The predicted octanol–water partition coefficient (Wildman–Crippen LogP) is 0.970. The number of pyridine rings is 1. The van der Waals surface area contributed by atoms with Gasteiger partial charge in [0.05, 0.1) is 12.1 Å². The van der Waals surface area contributed by atoms with Crippen molar-refractivity contribution in [3.8, 4) is 0 Å². The van der Waals surface area contributed by atoms with Crippen molar-refractivity contribution in [1.29, 1.82) is 0 Å². The van der Waals surface area contributed by atoms with Crippen molar-refractivity contribution in [3.05, 3.63) is 36.7 Å². The van der Waals surface area contributed by atoms with Crippen LogP contribution in [0, 0.1) is 0 Å². The van der Waals surface area contributed by atoms with Gasteiger partial charge in [0.25, 0.3) is 0 Å². The lowest BCUT2D eigenvalue weighted by atomic mass is 10.1. The van der Waals surface area contributed by atoms with Crippen LogP contribution < -0.4 is 5.73 Å². The Bertz CT molecular complexity index is 293. The SMILES string of the molecule is C=C(CC(N)=O)c1ccccn1. The molecule has 1 rings (SSSR count). The Labute approximate surface area is 70.9 Å². The zero-order valence-electron chi connectivity index (χ0n) is 6.66. The van der Waals surface area contributed by atoms with Crippen LogP contribution in [0.4, 0.5) is 0 Å². The molecule has 0 aliphatic carbocycles. The molecule has 0 aliphatic rings. The molecule has 0 atom stereocenters. The molecule has 0 radical (unpaired) electrons. The molecule has 3 nitrogen and oxygen atoms in total. The quantitative estimate of drug-likeness (QED) is 0.720. The van der Waals surface area contributed by atoms with Crippen molar-refractivity contribution in [2.24, 2.45) is 5.73 Å². The normalized spacial score (nSPS) is 9.33. The van der Waals surface area contributed by atoms with E-state index in [1.54, 1.807) is 18.3 Å². The summed E-state index contributed by atoms with van der Waals surface area (Å²) in [4.78, 5) is 14.5. The van der Waals surface area contributed by atoms with E-state index in [0.717, 1.165) is 5.69 Å². The molecule has 62 valence electrons. The lowest BCUT2D eigenvalue weighted by Gasteiger charge is -2.00. The van der Waals surface area contributed by atoms with Crippen molar-refractivity contribution < 1.29 is 4.79 Å². The molecular formula is C9H10N2O. The number of hydrogen-bond acceptors (Lipinski definition) is 2. The highest BCUT2D eigenvalue weighted by atomic mass is 16.1. The summed E-state index contributed by atoms with van der Waals surface area (Å²) in [5.41, 5.74) is 6.38. The molecule has 0 saturated heterocycles. The fraction of sp³-hybridized carbons (Fsp3) is 0.111. The van der Waals surface area contributed by atoms with Crippen LogP contribution in [0.3, 0.4) is 0 Å². The molecular weight excluding hydrogens is 152 g/mol. The van der Waals surface area contributed by atoms with Crippen LogP contribution in [-0.4, -0.2) is 10.9 Å². The summed E-state index contributed by atoms with van der Waals surface area (Å²) in [5.74, 6) is -0.384. The van der Waals surface area contributed by atoms with Crippen molar-refractivity contribution in [1.82, 2.24) is 4.98 Å². The average molecular weight is 162 g/mol. The lowest BCUT2D eigenvalue weighted by Crippen LogP contribution is -2.10. The van der Waals surface area contributed by atoms with Gasteiger partial charge in [-0.3, -0.25) is 9.78 Å². The number of nitrogens with zero attached hydrogens (tertiary/aromatic N) is 1. The van der Waals surface area contributed by atoms with Gasteiger partial charge in [0.2, 0.25) is 5.91 Å². The second kappa shape index (κ2) is 3.67. The van der Waals surface area contributed by atoms with Gasteiger partial charge in [-0.15, -0.1) is 0 Å². The van der Waals surface area contributed by atoms with Crippen LogP contribution in [0.5, 0.6) is 0 Å². The maximum Gasteiger partial charge on any atom is 0.221 e. The Hall–Kier alpha value is -1.64. The van der Waals surface area contributed by atoms with E-state index in [1.807, 2.05) is 6.07 Å².